The number of nitrogens with two attached hydrogens (primary N) is 1. The van der Waals surface area contributed by atoms with E-state index in [-0.39, 0.29) is 23.4 Å². The molecule has 11 heteroatoms. The van der Waals surface area contributed by atoms with Crippen LogP contribution in [0.25, 0.3) is 11.6 Å². The molecule has 0 fully saturated rings. The minimum atomic E-state index is -3.16. The summed E-state index contributed by atoms with van der Waals surface area (Å²) in [7, 11) is 0. The van der Waals surface area contributed by atoms with Crippen LogP contribution in [0.5, 0.6) is 0 Å². The number of hydrogen-bond donors (Lipinski definition) is 3. The van der Waals surface area contributed by atoms with E-state index >= 15 is 0 Å². The van der Waals surface area contributed by atoms with E-state index in [4.69, 9.17) is 18.7 Å². The molecule has 0 saturated heterocycles. The van der Waals surface area contributed by atoms with Crippen molar-refractivity contribution in [2.45, 2.75) is 40.5 Å². The molecule has 3 amide bonds. The Morgan fingerprint density at radius 1 is 1.22 bits per heavy atom. The lowest BCUT2D eigenvalue weighted by atomic mass is 10.0. The highest BCUT2D eigenvalue weighted by Crippen LogP contribution is 2.34. The number of imide groups is 1. The highest BCUT2D eigenvalue weighted by molar-refractivity contribution is 6.35. The summed E-state index contributed by atoms with van der Waals surface area (Å²) < 4.78 is 67.5. The molecule has 1 aromatic heterocycles. The van der Waals surface area contributed by atoms with Crippen LogP contribution in [0.15, 0.2) is 18.2 Å². The molecular weight excluding hydrogens is 481 g/mol. The second kappa shape index (κ2) is 11.5. The fourth-order valence-corrected chi connectivity index (χ4v) is 3.72. The highest BCUT2D eigenvalue weighted by atomic mass is 19.1. The van der Waals surface area contributed by atoms with Gasteiger partial charge in [-0.25, -0.2) is 18.9 Å². The van der Waals surface area contributed by atoms with Gasteiger partial charge < -0.3 is 25.7 Å². The Bertz CT molecular complexity index is 1460. The zero-order valence-electron chi connectivity index (χ0n) is 26.6. The van der Waals surface area contributed by atoms with Crippen LogP contribution in [0.4, 0.5) is 14.9 Å². The van der Waals surface area contributed by atoms with E-state index in [1.54, 1.807) is 0 Å². The molecular formula is C26H32FN5O5. The monoisotopic (exact) mass is 519 g/mol. The van der Waals surface area contributed by atoms with Crippen molar-refractivity contribution in [1.29, 1.82) is 0 Å². The van der Waals surface area contributed by atoms with Crippen molar-refractivity contribution in [1.82, 2.24) is 14.8 Å². The maximum Gasteiger partial charge on any atom is 0.424 e. The van der Waals surface area contributed by atoms with E-state index < -0.39 is 78.5 Å². The molecule has 0 spiro atoms. The number of halogens is 1. The number of aromatic amines is 1. The standard InChI is InChI=1S/C26H32FN5O5/c1-6-31(7-2)10-11-32(26(36)37-25(35)15(4)28)24(34)22-14(3)21(29-16(22)5)13-19-18-12-17(27)8-9-20(18)30-23(19)33/h8-9,12-13,15,29H,6-7,10-11,28H2,1-5H3,(H,30,33)/b19-13-/i3D3,5D3. The van der Waals surface area contributed by atoms with E-state index in [2.05, 4.69) is 10.3 Å². The Morgan fingerprint density at radius 3 is 2.57 bits per heavy atom. The SMILES string of the molecule is [2H]C([2H])([2H])c1[nH]c(/C=C2\C(=O)Nc3ccc(F)cc32)c(C([2H])([2H])[2H])c1C(=O)N(CCN(CC)CC)C(=O)OC(=O)C(C)N. The lowest BCUT2D eigenvalue weighted by Gasteiger charge is -2.24. The van der Waals surface area contributed by atoms with Crippen LogP contribution >= 0.6 is 0 Å². The van der Waals surface area contributed by atoms with Gasteiger partial charge in [0, 0.05) is 44.0 Å². The Kier molecular flexibility index (Phi) is 6.29. The van der Waals surface area contributed by atoms with Crippen molar-refractivity contribution >= 4 is 41.2 Å². The number of anilines is 1. The van der Waals surface area contributed by atoms with E-state index in [1.807, 2.05) is 18.7 Å². The van der Waals surface area contributed by atoms with Crippen molar-refractivity contribution in [3.05, 3.63) is 52.1 Å². The molecule has 1 aliphatic heterocycles. The van der Waals surface area contributed by atoms with Gasteiger partial charge in [-0.05, 0) is 63.6 Å². The van der Waals surface area contributed by atoms with Gasteiger partial charge in [0.2, 0.25) is 0 Å². The van der Waals surface area contributed by atoms with E-state index in [1.165, 1.54) is 13.0 Å². The smallest absolute Gasteiger partial charge is 0.375 e. The minimum Gasteiger partial charge on any atom is -0.375 e. The van der Waals surface area contributed by atoms with Gasteiger partial charge in [0.1, 0.15) is 11.9 Å². The number of carbonyl (C=O) groups excluding carboxylic acids is 4. The average molecular weight is 520 g/mol. The van der Waals surface area contributed by atoms with Gasteiger partial charge in [-0.15, -0.1) is 0 Å². The molecule has 0 radical (unpaired) electrons. The number of likely N-dealkylation sites (N-methyl/N-ethyl adjacent to an activating group) is 1. The van der Waals surface area contributed by atoms with Gasteiger partial charge in [0.05, 0.1) is 11.1 Å². The number of esters is 1. The quantitative estimate of drug-likeness (QED) is 0.277. The van der Waals surface area contributed by atoms with E-state index in [0.29, 0.717) is 18.0 Å². The third-order valence-corrected chi connectivity index (χ3v) is 5.86. The Labute approximate surface area is 223 Å². The van der Waals surface area contributed by atoms with Crippen LogP contribution in [0.1, 0.15) is 61.9 Å². The second-order valence-electron chi connectivity index (χ2n) is 8.33. The summed E-state index contributed by atoms with van der Waals surface area (Å²) in [4.78, 5) is 56.6. The number of hydrogen-bond acceptors (Lipinski definition) is 7. The zero-order chi connectivity index (χ0) is 32.4. The van der Waals surface area contributed by atoms with Gasteiger partial charge in [-0.1, -0.05) is 13.8 Å². The Balaban J connectivity index is 2.27. The Morgan fingerprint density at radius 2 is 1.95 bits per heavy atom. The molecule has 1 atom stereocenters. The van der Waals surface area contributed by atoms with Crippen molar-refractivity contribution in [3.63, 3.8) is 0 Å². The predicted octanol–water partition coefficient (Wildman–Crippen LogP) is 3.06. The van der Waals surface area contributed by atoms with E-state index in [0.717, 1.165) is 18.2 Å². The van der Waals surface area contributed by atoms with Crippen LogP contribution in [-0.4, -0.2) is 70.9 Å². The van der Waals surface area contributed by atoms with Gasteiger partial charge in [-0.3, -0.25) is 9.59 Å². The lowest BCUT2D eigenvalue weighted by molar-refractivity contribution is -0.139. The van der Waals surface area contributed by atoms with Crippen LogP contribution in [-0.2, 0) is 14.3 Å². The summed E-state index contributed by atoms with van der Waals surface area (Å²) in [6, 6.07) is 2.20. The summed E-state index contributed by atoms with van der Waals surface area (Å²) >= 11 is 0. The fourth-order valence-electron chi connectivity index (χ4n) is 3.72. The molecule has 1 aliphatic rings. The summed E-state index contributed by atoms with van der Waals surface area (Å²) in [6.45, 7) is -0.679. The number of carbonyl (C=O) groups is 4. The number of aromatic nitrogens is 1. The van der Waals surface area contributed by atoms with Crippen LogP contribution in [0.3, 0.4) is 0 Å². The summed E-state index contributed by atoms with van der Waals surface area (Å²) in [5.74, 6) is -3.95. The first kappa shape index (κ1) is 20.3. The molecule has 1 aromatic carbocycles. The molecule has 0 saturated carbocycles. The van der Waals surface area contributed by atoms with Gasteiger partial charge in [-0.2, -0.15) is 0 Å². The van der Waals surface area contributed by atoms with Gasteiger partial charge in [0.15, 0.2) is 0 Å². The fraction of sp³-hybridized carbons (Fsp3) is 0.385. The predicted molar refractivity (Wildman–Crippen MR) is 137 cm³/mol. The third-order valence-electron chi connectivity index (χ3n) is 5.86. The maximum absolute atomic E-state index is 14.0. The first-order chi connectivity index (χ1) is 19.9. The highest BCUT2D eigenvalue weighted by Gasteiger charge is 2.31. The first-order valence-electron chi connectivity index (χ1n) is 14.6. The summed E-state index contributed by atoms with van der Waals surface area (Å²) in [5.41, 5.74) is 2.65. The molecule has 0 aliphatic carbocycles. The number of amides is 3. The van der Waals surface area contributed by atoms with Gasteiger partial charge >= 0.3 is 12.1 Å². The van der Waals surface area contributed by atoms with E-state index in [9.17, 15) is 23.6 Å². The van der Waals surface area contributed by atoms with Crippen molar-refractivity contribution < 1.29 is 36.5 Å². The average Bonchev–Trinajstić information content (AvgIpc) is 3.44. The summed E-state index contributed by atoms with van der Waals surface area (Å²) in [6.07, 6.45) is -0.472. The molecule has 2 aromatic rings. The lowest BCUT2D eigenvalue weighted by Crippen LogP contribution is -2.45. The normalized spacial score (nSPS) is 17.6. The summed E-state index contributed by atoms with van der Waals surface area (Å²) in [5, 5.41) is 2.50. The number of ether oxygens (including phenoxy) is 1. The second-order valence-corrected chi connectivity index (χ2v) is 8.33. The number of benzene rings is 1. The van der Waals surface area contributed by atoms with Crippen LogP contribution < -0.4 is 11.1 Å². The number of rotatable bonds is 8. The molecule has 198 valence electrons. The molecule has 4 N–H and O–H groups in total. The molecule has 0 bridgehead atoms. The van der Waals surface area contributed by atoms with Crippen LogP contribution in [0.2, 0.25) is 0 Å². The number of H-pyrrole nitrogens is 1. The number of fused-ring (bicyclic) bond motifs is 1. The maximum atomic E-state index is 14.0. The molecule has 2 heterocycles. The van der Waals surface area contributed by atoms with Crippen molar-refractivity contribution in [3.8, 4) is 0 Å². The van der Waals surface area contributed by atoms with Gasteiger partial charge in [0.25, 0.3) is 11.8 Å². The molecule has 3 rings (SSSR count). The number of nitrogens with one attached hydrogen (secondary N) is 2. The zero-order valence-corrected chi connectivity index (χ0v) is 20.6. The minimum absolute atomic E-state index is 0.0796. The third kappa shape index (κ3) is 5.95. The molecule has 1 unspecified atom stereocenters. The number of aryl methyl sites for hydroxylation is 1. The van der Waals surface area contributed by atoms with Crippen molar-refractivity contribution in [2.75, 3.05) is 31.5 Å². The van der Waals surface area contributed by atoms with Crippen molar-refractivity contribution in [2.24, 2.45) is 5.73 Å². The van der Waals surface area contributed by atoms with Crippen LogP contribution in [0, 0.1) is 19.5 Å². The Hall–Kier alpha value is -3.83. The largest absolute Gasteiger partial charge is 0.424 e. The topological polar surface area (TPSA) is 138 Å². The first-order valence-corrected chi connectivity index (χ1v) is 11.6. The number of nitrogens with zero attached hydrogens (tertiary/aromatic N) is 2. The molecule has 37 heavy (non-hydrogen) atoms. The molecule has 10 nitrogen and oxygen atoms in total.